The smallest absolute Gasteiger partial charge is 0.227 e. The van der Waals surface area contributed by atoms with Crippen LogP contribution in [0.2, 0.25) is 10.0 Å². The molecular weight excluding hydrogens is 416 g/mol. The van der Waals surface area contributed by atoms with Gasteiger partial charge in [0.05, 0.1) is 11.4 Å². The van der Waals surface area contributed by atoms with Gasteiger partial charge in [0.1, 0.15) is 23.8 Å². The highest BCUT2D eigenvalue weighted by molar-refractivity contribution is 6.32. The largest absolute Gasteiger partial charge is 0.489 e. The number of likely N-dealkylation sites (tertiary alicyclic amines) is 1. The van der Waals surface area contributed by atoms with Crippen LogP contribution in [0.4, 0.5) is 4.39 Å². The van der Waals surface area contributed by atoms with Crippen LogP contribution in [0.25, 0.3) is 0 Å². The number of rotatable bonds is 5. The average Bonchev–Trinajstić information content (AvgIpc) is 2.88. The van der Waals surface area contributed by atoms with E-state index in [0.29, 0.717) is 43.1 Å². The summed E-state index contributed by atoms with van der Waals surface area (Å²) in [6.07, 6.45) is 1.39. The van der Waals surface area contributed by atoms with Crippen molar-refractivity contribution in [2.24, 2.45) is 0 Å². The summed E-state index contributed by atoms with van der Waals surface area (Å²) in [5.41, 5.74) is 0.162. The van der Waals surface area contributed by atoms with Gasteiger partial charge in [-0.1, -0.05) is 35.3 Å². The minimum absolute atomic E-state index is 0.0946. The van der Waals surface area contributed by atoms with Gasteiger partial charge in [0.25, 0.3) is 0 Å². The Bertz CT molecular complexity index is 872. The highest BCUT2D eigenvalue weighted by Crippen LogP contribution is 2.29. The predicted molar refractivity (Wildman–Crippen MR) is 112 cm³/mol. The number of hydrogen-bond acceptors (Lipinski definition) is 3. The summed E-state index contributed by atoms with van der Waals surface area (Å²) in [4.78, 5) is 14.3. The highest BCUT2D eigenvalue weighted by Gasteiger charge is 2.33. The number of hydrogen-bond donors (Lipinski definition) is 1. The van der Waals surface area contributed by atoms with Gasteiger partial charge >= 0.3 is 0 Å². The van der Waals surface area contributed by atoms with E-state index in [4.69, 9.17) is 27.9 Å². The van der Waals surface area contributed by atoms with Gasteiger partial charge in [0.15, 0.2) is 0 Å². The van der Waals surface area contributed by atoms with Gasteiger partial charge in [-0.15, -0.1) is 0 Å². The lowest BCUT2D eigenvalue weighted by Gasteiger charge is -2.27. The van der Waals surface area contributed by atoms with Crippen LogP contribution in [-0.4, -0.2) is 41.2 Å². The van der Waals surface area contributed by atoms with Crippen LogP contribution in [0.15, 0.2) is 36.4 Å². The minimum atomic E-state index is -1.06. The summed E-state index contributed by atoms with van der Waals surface area (Å²) in [6, 6.07) is 9.86. The van der Waals surface area contributed by atoms with E-state index in [2.05, 4.69) is 0 Å². The van der Waals surface area contributed by atoms with Crippen LogP contribution in [0, 0.1) is 12.7 Å². The molecule has 2 aromatic rings. The second-order valence-corrected chi connectivity index (χ2v) is 8.37. The highest BCUT2D eigenvalue weighted by atomic mass is 35.5. The maximum Gasteiger partial charge on any atom is 0.227 e. The third-order valence-electron chi connectivity index (χ3n) is 5.24. The standard InChI is InChI=1S/C22H24Cl2FNO3/c1-15-6-7-18(24)20(12-15)29-14-22(28)8-3-10-26(11-9-22)21(27)13-16-17(23)4-2-5-19(16)25/h2,4-7,12,28H,3,8-11,13-14H2,1H3. The van der Waals surface area contributed by atoms with Gasteiger partial charge < -0.3 is 14.7 Å². The number of benzene rings is 2. The number of ether oxygens (including phenoxy) is 1. The number of carbonyl (C=O) groups excluding carboxylic acids is 1. The fourth-order valence-corrected chi connectivity index (χ4v) is 3.87. The van der Waals surface area contributed by atoms with Gasteiger partial charge in [-0.25, -0.2) is 4.39 Å². The Morgan fingerprint density at radius 1 is 1.21 bits per heavy atom. The van der Waals surface area contributed by atoms with E-state index >= 15 is 0 Å². The molecule has 1 amide bonds. The van der Waals surface area contributed by atoms with Crippen LogP contribution >= 0.6 is 23.2 Å². The fraction of sp³-hybridized carbons (Fsp3) is 0.409. The van der Waals surface area contributed by atoms with E-state index < -0.39 is 11.4 Å². The van der Waals surface area contributed by atoms with Gasteiger partial charge in [-0.3, -0.25) is 4.79 Å². The molecule has 0 radical (unpaired) electrons. The first-order chi connectivity index (χ1) is 13.8. The number of aryl methyl sites for hydroxylation is 1. The van der Waals surface area contributed by atoms with Gasteiger partial charge in [0.2, 0.25) is 5.91 Å². The first kappa shape index (κ1) is 21.9. The van der Waals surface area contributed by atoms with Crippen LogP contribution < -0.4 is 4.74 Å². The van der Waals surface area contributed by atoms with E-state index in [-0.39, 0.29) is 29.5 Å². The van der Waals surface area contributed by atoms with E-state index in [0.717, 1.165) is 5.56 Å². The third kappa shape index (κ3) is 5.62. The maximum absolute atomic E-state index is 14.0. The SMILES string of the molecule is Cc1ccc(Cl)c(OCC2(O)CCCN(C(=O)Cc3c(F)cccc3Cl)CC2)c1. The normalized spacial score (nSPS) is 19.7. The van der Waals surface area contributed by atoms with Gasteiger partial charge in [-0.05, 0) is 56.0 Å². The van der Waals surface area contributed by atoms with E-state index in [1.807, 2.05) is 19.1 Å². The van der Waals surface area contributed by atoms with Crippen LogP contribution in [0.3, 0.4) is 0 Å². The van der Waals surface area contributed by atoms with Crippen molar-refractivity contribution in [1.29, 1.82) is 0 Å². The molecule has 1 N–H and O–H groups in total. The first-order valence-electron chi connectivity index (χ1n) is 9.59. The van der Waals surface area contributed by atoms with Crippen molar-refractivity contribution in [3.8, 4) is 5.75 Å². The monoisotopic (exact) mass is 439 g/mol. The molecule has 0 saturated carbocycles. The number of halogens is 3. The lowest BCUT2D eigenvalue weighted by Crippen LogP contribution is -2.38. The topological polar surface area (TPSA) is 49.8 Å². The molecule has 3 rings (SSSR count). The second-order valence-electron chi connectivity index (χ2n) is 7.56. The Balaban J connectivity index is 1.60. The molecule has 0 spiro atoms. The van der Waals surface area contributed by atoms with Crippen molar-refractivity contribution in [3.05, 3.63) is 63.4 Å². The van der Waals surface area contributed by atoms with Crippen molar-refractivity contribution in [3.63, 3.8) is 0 Å². The average molecular weight is 440 g/mol. The van der Waals surface area contributed by atoms with Crippen LogP contribution in [0.1, 0.15) is 30.4 Å². The Hall–Kier alpha value is -1.82. The molecule has 156 valence electrons. The number of amides is 1. The molecule has 2 aromatic carbocycles. The van der Waals surface area contributed by atoms with Crippen LogP contribution in [0.5, 0.6) is 5.75 Å². The van der Waals surface area contributed by atoms with Crippen molar-refractivity contribution in [2.45, 2.75) is 38.2 Å². The molecule has 1 fully saturated rings. The molecule has 1 aliphatic rings. The van der Waals surface area contributed by atoms with Gasteiger partial charge in [0, 0.05) is 23.7 Å². The van der Waals surface area contributed by atoms with Crippen LogP contribution in [-0.2, 0) is 11.2 Å². The Morgan fingerprint density at radius 2 is 2.00 bits per heavy atom. The minimum Gasteiger partial charge on any atom is -0.489 e. The zero-order chi connectivity index (χ0) is 21.0. The second kappa shape index (κ2) is 9.33. The summed E-state index contributed by atoms with van der Waals surface area (Å²) in [6.45, 7) is 2.90. The predicted octanol–water partition coefficient (Wildman–Crippen LogP) is 4.81. The first-order valence-corrected chi connectivity index (χ1v) is 10.3. The lowest BCUT2D eigenvalue weighted by molar-refractivity contribution is -0.130. The molecule has 0 aromatic heterocycles. The summed E-state index contributed by atoms with van der Waals surface area (Å²) >= 11 is 12.2. The van der Waals surface area contributed by atoms with Gasteiger partial charge in [-0.2, -0.15) is 0 Å². The van der Waals surface area contributed by atoms with Crippen molar-refractivity contribution < 1.29 is 19.0 Å². The number of nitrogens with zero attached hydrogens (tertiary/aromatic N) is 1. The summed E-state index contributed by atoms with van der Waals surface area (Å²) in [5.74, 6) is -0.157. The van der Waals surface area contributed by atoms with Crippen molar-refractivity contribution in [1.82, 2.24) is 4.90 Å². The number of aliphatic hydroxyl groups is 1. The molecule has 0 bridgehead atoms. The molecule has 7 heteroatoms. The molecule has 1 aliphatic heterocycles. The Labute approximate surface area is 180 Å². The zero-order valence-corrected chi connectivity index (χ0v) is 17.8. The molecular formula is C22H24Cl2FNO3. The molecule has 1 unspecified atom stereocenters. The van der Waals surface area contributed by atoms with Crippen molar-refractivity contribution >= 4 is 29.1 Å². The summed E-state index contributed by atoms with van der Waals surface area (Å²) in [7, 11) is 0. The molecule has 29 heavy (non-hydrogen) atoms. The fourth-order valence-electron chi connectivity index (χ4n) is 3.47. The Morgan fingerprint density at radius 3 is 2.76 bits per heavy atom. The maximum atomic E-state index is 14.0. The molecule has 0 aliphatic carbocycles. The number of carbonyl (C=O) groups is 1. The summed E-state index contributed by atoms with van der Waals surface area (Å²) < 4.78 is 19.8. The van der Waals surface area contributed by atoms with E-state index in [1.54, 1.807) is 17.0 Å². The quantitative estimate of drug-likeness (QED) is 0.727. The summed E-state index contributed by atoms with van der Waals surface area (Å²) in [5, 5.41) is 11.7. The molecule has 1 heterocycles. The molecule has 4 nitrogen and oxygen atoms in total. The zero-order valence-electron chi connectivity index (χ0n) is 16.3. The third-order valence-corrected chi connectivity index (χ3v) is 5.91. The van der Waals surface area contributed by atoms with E-state index in [1.165, 1.54) is 12.1 Å². The Kier molecular flexibility index (Phi) is 7.04. The molecule has 1 saturated heterocycles. The van der Waals surface area contributed by atoms with E-state index in [9.17, 15) is 14.3 Å². The van der Waals surface area contributed by atoms with Crippen molar-refractivity contribution in [2.75, 3.05) is 19.7 Å². The lowest BCUT2D eigenvalue weighted by atomic mass is 9.96. The molecule has 1 atom stereocenters.